The standard InChI is InChI=1S/C23H28N2O2S/c1-16-14-19(17(2)25(16)23(3,4)5)15-20-21(26)24(22(27)28-20)13-9-12-18-10-7-6-8-11-18/h6-8,10-11,14-15H,9,12-13H2,1-5H3/b20-15+. The fourth-order valence-electron chi connectivity index (χ4n) is 3.89. The second kappa shape index (κ2) is 8.00. The molecule has 1 saturated heterocycles. The molecule has 0 radical (unpaired) electrons. The van der Waals surface area contributed by atoms with Crippen molar-refractivity contribution in [3.8, 4) is 0 Å². The zero-order chi connectivity index (χ0) is 20.5. The van der Waals surface area contributed by atoms with Gasteiger partial charge < -0.3 is 4.57 Å². The van der Waals surface area contributed by atoms with E-state index >= 15 is 0 Å². The summed E-state index contributed by atoms with van der Waals surface area (Å²) in [6.07, 6.45) is 3.49. The second-order valence-corrected chi connectivity index (χ2v) is 9.25. The molecule has 3 rings (SSSR count). The molecule has 0 atom stereocenters. The molecule has 2 aromatic rings. The molecule has 0 aliphatic carbocycles. The van der Waals surface area contributed by atoms with Gasteiger partial charge in [-0.2, -0.15) is 0 Å². The van der Waals surface area contributed by atoms with Gasteiger partial charge in [0.05, 0.1) is 4.91 Å². The summed E-state index contributed by atoms with van der Waals surface area (Å²) in [5.41, 5.74) is 4.46. The Morgan fingerprint density at radius 2 is 1.75 bits per heavy atom. The van der Waals surface area contributed by atoms with Gasteiger partial charge in [0.15, 0.2) is 0 Å². The summed E-state index contributed by atoms with van der Waals surface area (Å²) in [4.78, 5) is 27.0. The van der Waals surface area contributed by atoms with Crippen molar-refractivity contribution in [2.45, 2.75) is 53.0 Å². The van der Waals surface area contributed by atoms with Crippen molar-refractivity contribution in [1.29, 1.82) is 0 Å². The molecule has 1 fully saturated rings. The van der Waals surface area contributed by atoms with Gasteiger partial charge >= 0.3 is 0 Å². The molecule has 1 aromatic carbocycles. The minimum Gasteiger partial charge on any atom is -0.343 e. The van der Waals surface area contributed by atoms with Gasteiger partial charge in [0, 0.05) is 23.5 Å². The van der Waals surface area contributed by atoms with E-state index in [9.17, 15) is 9.59 Å². The van der Waals surface area contributed by atoms with Crippen molar-refractivity contribution >= 4 is 29.0 Å². The molecular weight excluding hydrogens is 368 g/mol. The lowest BCUT2D eigenvalue weighted by Crippen LogP contribution is -2.29. The van der Waals surface area contributed by atoms with Gasteiger partial charge in [-0.05, 0) is 82.5 Å². The van der Waals surface area contributed by atoms with Gasteiger partial charge in [0.2, 0.25) is 0 Å². The fourth-order valence-corrected chi connectivity index (χ4v) is 4.74. The summed E-state index contributed by atoms with van der Waals surface area (Å²) in [7, 11) is 0. The molecule has 1 aliphatic heterocycles. The average molecular weight is 397 g/mol. The van der Waals surface area contributed by atoms with Crippen LogP contribution in [0.2, 0.25) is 0 Å². The van der Waals surface area contributed by atoms with Gasteiger partial charge in [-0.3, -0.25) is 14.5 Å². The predicted octanol–water partition coefficient (Wildman–Crippen LogP) is 5.53. The number of imide groups is 1. The maximum atomic E-state index is 12.8. The molecular formula is C23H28N2O2S. The highest BCUT2D eigenvalue weighted by Crippen LogP contribution is 2.34. The molecule has 148 valence electrons. The summed E-state index contributed by atoms with van der Waals surface area (Å²) in [5, 5.41) is -0.172. The van der Waals surface area contributed by atoms with E-state index < -0.39 is 0 Å². The van der Waals surface area contributed by atoms with E-state index in [0.717, 1.165) is 41.6 Å². The van der Waals surface area contributed by atoms with Crippen LogP contribution in [0.1, 0.15) is 49.7 Å². The highest BCUT2D eigenvalue weighted by Gasteiger charge is 2.34. The number of hydrogen-bond acceptors (Lipinski definition) is 3. The van der Waals surface area contributed by atoms with E-state index in [1.54, 1.807) is 0 Å². The first-order valence-corrected chi connectivity index (χ1v) is 10.5. The Labute approximate surface area is 171 Å². The number of benzene rings is 1. The Bertz CT molecular complexity index is 920. The first-order valence-electron chi connectivity index (χ1n) is 9.67. The minimum atomic E-state index is -0.177. The molecule has 2 heterocycles. The van der Waals surface area contributed by atoms with Crippen molar-refractivity contribution in [2.24, 2.45) is 0 Å². The number of carbonyl (C=O) groups excluding carboxylic acids is 2. The van der Waals surface area contributed by atoms with E-state index in [-0.39, 0.29) is 16.7 Å². The fraction of sp³-hybridized carbons (Fsp3) is 0.391. The number of carbonyl (C=O) groups is 2. The van der Waals surface area contributed by atoms with Crippen LogP contribution >= 0.6 is 11.8 Å². The molecule has 4 nitrogen and oxygen atoms in total. The summed E-state index contributed by atoms with van der Waals surface area (Å²) in [6, 6.07) is 12.2. The summed E-state index contributed by atoms with van der Waals surface area (Å²) in [5.74, 6) is -0.177. The third-order valence-electron chi connectivity index (χ3n) is 4.99. The Balaban J connectivity index is 1.73. The summed E-state index contributed by atoms with van der Waals surface area (Å²) < 4.78 is 2.27. The van der Waals surface area contributed by atoms with Gasteiger partial charge in [-0.1, -0.05) is 30.3 Å². The Kier molecular flexibility index (Phi) is 5.84. The van der Waals surface area contributed by atoms with Crippen LogP contribution in [0.3, 0.4) is 0 Å². The molecule has 0 bridgehead atoms. The lowest BCUT2D eigenvalue weighted by atomic mass is 10.1. The van der Waals surface area contributed by atoms with Crippen LogP contribution in [0.25, 0.3) is 6.08 Å². The third-order valence-corrected chi connectivity index (χ3v) is 5.90. The van der Waals surface area contributed by atoms with E-state index in [2.05, 4.69) is 57.4 Å². The van der Waals surface area contributed by atoms with Crippen LogP contribution in [0.15, 0.2) is 41.3 Å². The predicted molar refractivity (Wildman–Crippen MR) is 116 cm³/mol. The van der Waals surface area contributed by atoms with Gasteiger partial charge in [-0.25, -0.2) is 0 Å². The average Bonchev–Trinajstić information content (AvgIpc) is 3.05. The zero-order valence-electron chi connectivity index (χ0n) is 17.3. The highest BCUT2D eigenvalue weighted by molar-refractivity contribution is 8.18. The molecule has 0 saturated carbocycles. The van der Waals surface area contributed by atoms with E-state index in [1.807, 2.05) is 24.3 Å². The molecule has 28 heavy (non-hydrogen) atoms. The second-order valence-electron chi connectivity index (χ2n) is 8.26. The van der Waals surface area contributed by atoms with E-state index in [0.29, 0.717) is 11.4 Å². The third kappa shape index (κ3) is 4.25. The van der Waals surface area contributed by atoms with Crippen LogP contribution in [-0.2, 0) is 16.8 Å². The molecule has 1 aromatic heterocycles. The summed E-state index contributed by atoms with van der Waals surface area (Å²) >= 11 is 1.04. The van der Waals surface area contributed by atoms with Crippen molar-refractivity contribution in [2.75, 3.05) is 6.54 Å². The van der Waals surface area contributed by atoms with Crippen LogP contribution in [-0.4, -0.2) is 27.2 Å². The minimum absolute atomic E-state index is 0.0307. The first kappa shape index (κ1) is 20.5. The van der Waals surface area contributed by atoms with Gasteiger partial charge in [0.1, 0.15) is 0 Å². The maximum Gasteiger partial charge on any atom is 0.293 e. The monoisotopic (exact) mass is 396 g/mol. The molecule has 1 aliphatic rings. The number of hydrogen-bond donors (Lipinski definition) is 0. The lowest BCUT2D eigenvalue weighted by Gasteiger charge is -2.25. The van der Waals surface area contributed by atoms with Crippen LogP contribution in [0.5, 0.6) is 0 Å². The van der Waals surface area contributed by atoms with Crippen molar-refractivity contribution in [1.82, 2.24) is 9.47 Å². The van der Waals surface area contributed by atoms with Crippen molar-refractivity contribution in [3.05, 3.63) is 63.8 Å². The number of rotatable bonds is 5. The molecule has 2 amide bonds. The molecule has 0 unspecified atom stereocenters. The van der Waals surface area contributed by atoms with Gasteiger partial charge in [0.25, 0.3) is 11.1 Å². The Morgan fingerprint density at radius 3 is 2.36 bits per heavy atom. The molecule has 5 heteroatoms. The van der Waals surface area contributed by atoms with Crippen molar-refractivity contribution in [3.63, 3.8) is 0 Å². The van der Waals surface area contributed by atoms with E-state index in [4.69, 9.17) is 0 Å². The Hall–Kier alpha value is -2.27. The number of aromatic nitrogens is 1. The van der Waals surface area contributed by atoms with Crippen LogP contribution in [0.4, 0.5) is 4.79 Å². The Morgan fingerprint density at radius 1 is 1.07 bits per heavy atom. The number of amides is 2. The SMILES string of the molecule is Cc1cc(/C=C2/SC(=O)N(CCCc3ccccc3)C2=O)c(C)n1C(C)(C)C. The first-order chi connectivity index (χ1) is 13.2. The van der Waals surface area contributed by atoms with Crippen LogP contribution < -0.4 is 0 Å². The molecule has 0 N–H and O–H groups in total. The highest BCUT2D eigenvalue weighted by atomic mass is 32.2. The van der Waals surface area contributed by atoms with Crippen molar-refractivity contribution < 1.29 is 9.59 Å². The maximum absolute atomic E-state index is 12.8. The van der Waals surface area contributed by atoms with Crippen LogP contribution in [0, 0.1) is 13.8 Å². The van der Waals surface area contributed by atoms with Gasteiger partial charge in [-0.15, -0.1) is 0 Å². The summed E-state index contributed by atoms with van der Waals surface area (Å²) in [6.45, 7) is 11.1. The van der Waals surface area contributed by atoms with E-state index in [1.165, 1.54) is 10.5 Å². The lowest BCUT2D eigenvalue weighted by molar-refractivity contribution is -0.122. The number of nitrogens with zero attached hydrogens (tertiary/aromatic N) is 2. The largest absolute Gasteiger partial charge is 0.343 e. The quantitative estimate of drug-likeness (QED) is 0.624. The number of thioether (sulfide) groups is 1. The smallest absolute Gasteiger partial charge is 0.293 e. The zero-order valence-corrected chi connectivity index (χ0v) is 18.1. The topological polar surface area (TPSA) is 42.3 Å². The normalized spacial score (nSPS) is 16.5. The molecule has 0 spiro atoms. The number of aryl methyl sites for hydroxylation is 2.